The lowest BCUT2D eigenvalue weighted by molar-refractivity contribution is -0.0592. The molecule has 0 aliphatic carbocycles. The summed E-state index contributed by atoms with van der Waals surface area (Å²) in [4.78, 5) is 23.8. The molecule has 10 nitrogen and oxygen atoms in total. The van der Waals surface area contributed by atoms with Crippen molar-refractivity contribution in [3.05, 3.63) is 89.6 Å². The Bertz CT molecular complexity index is 1700. The van der Waals surface area contributed by atoms with E-state index in [1.807, 2.05) is 41.0 Å². The van der Waals surface area contributed by atoms with E-state index in [-0.39, 0.29) is 11.7 Å². The van der Waals surface area contributed by atoms with Crippen LogP contribution in [0.3, 0.4) is 0 Å². The van der Waals surface area contributed by atoms with Gasteiger partial charge in [-0.2, -0.15) is 5.10 Å². The number of carboxylic acid groups (broad SMARTS) is 1. The number of hydrogen-bond donors (Lipinski definition) is 1. The van der Waals surface area contributed by atoms with Gasteiger partial charge in [0.1, 0.15) is 12.4 Å². The highest BCUT2D eigenvalue weighted by atomic mass is 16.5. The van der Waals surface area contributed by atoms with E-state index in [1.165, 1.54) is 0 Å². The smallest absolute Gasteiger partial charge is 0.335 e. The van der Waals surface area contributed by atoms with Gasteiger partial charge in [-0.3, -0.25) is 4.90 Å². The van der Waals surface area contributed by atoms with E-state index < -0.39 is 5.97 Å². The van der Waals surface area contributed by atoms with Gasteiger partial charge in [-0.05, 0) is 80.4 Å². The summed E-state index contributed by atoms with van der Waals surface area (Å²) < 4.78 is 15.7. The zero-order valence-electron chi connectivity index (χ0n) is 22.7. The molecule has 0 radical (unpaired) electrons. The fourth-order valence-corrected chi connectivity index (χ4v) is 5.80. The van der Waals surface area contributed by atoms with Gasteiger partial charge in [0.15, 0.2) is 0 Å². The number of piperidine rings is 1. The van der Waals surface area contributed by atoms with Crippen molar-refractivity contribution in [1.82, 2.24) is 29.0 Å². The average molecular weight is 553 g/mol. The Hall–Kier alpha value is -4.28. The second kappa shape index (κ2) is 10.9. The standard InChI is InChI=1S/C31H32N6O4/c38-31(39)23-4-5-27-28(17-23)36(18-25-10-15-40-25)29(33-27)19-35-12-8-22(9-13-35)26-2-1-3-30(34-26)41-20-21-7-14-37-24(16-21)6-11-32-37/h1-7,11,14,16-17,22,25H,8-10,12-13,15,18-20H2,(H,38,39). The zero-order chi connectivity index (χ0) is 27.8. The van der Waals surface area contributed by atoms with Crippen molar-refractivity contribution in [1.29, 1.82) is 0 Å². The number of likely N-dealkylation sites (tertiary alicyclic amines) is 1. The van der Waals surface area contributed by atoms with Gasteiger partial charge in [0.2, 0.25) is 5.88 Å². The number of nitrogens with zero attached hydrogens (tertiary/aromatic N) is 6. The van der Waals surface area contributed by atoms with Gasteiger partial charge in [0, 0.05) is 36.7 Å². The third-order valence-corrected chi connectivity index (χ3v) is 8.22. The van der Waals surface area contributed by atoms with Crippen LogP contribution in [0.15, 0.2) is 67.0 Å². The average Bonchev–Trinajstić information content (AvgIpc) is 3.57. The minimum absolute atomic E-state index is 0.153. The third-order valence-electron chi connectivity index (χ3n) is 8.22. The van der Waals surface area contributed by atoms with Gasteiger partial charge >= 0.3 is 5.97 Å². The van der Waals surface area contributed by atoms with Crippen LogP contribution >= 0.6 is 0 Å². The van der Waals surface area contributed by atoms with E-state index in [2.05, 4.69) is 26.7 Å². The van der Waals surface area contributed by atoms with Crippen LogP contribution in [0.25, 0.3) is 16.6 Å². The predicted molar refractivity (Wildman–Crippen MR) is 152 cm³/mol. The monoisotopic (exact) mass is 552 g/mol. The number of imidazole rings is 1. The topological polar surface area (TPSA) is 107 Å². The Kier molecular flexibility index (Phi) is 6.85. The number of carbonyl (C=O) groups is 1. The Morgan fingerprint density at radius 3 is 2.73 bits per heavy atom. The van der Waals surface area contributed by atoms with Crippen LogP contribution in [0.4, 0.5) is 0 Å². The summed E-state index contributed by atoms with van der Waals surface area (Å²) in [6.45, 7) is 4.52. The van der Waals surface area contributed by atoms with Gasteiger partial charge < -0.3 is 19.1 Å². The second-order valence-corrected chi connectivity index (χ2v) is 10.9. The summed E-state index contributed by atoms with van der Waals surface area (Å²) >= 11 is 0. The lowest BCUT2D eigenvalue weighted by Crippen LogP contribution is -2.35. The number of benzene rings is 1. The van der Waals surface area contributed by atoms with Crippen LogP contribution in [-0.4, -0.2) is 65.9 Å². The molecular formula is C31H32N6O4. The molecule has 7 rings (SSSR count). The van der Waals surface area contributed by atoms with Crippen molar-refractivity contribution < 1.29 is 19.4 Å². The highest BCUT2D eigenvalue weighted by Crippen LogP contribution is 2.30. The highest BCUT2D eigenvalue weighted by Gasteiger charge is 2.26. The number of aromatic carboxylic acids is 1. The van der Waals surface area contributed by atoms with Gasteiger partial charge in [0.05, 0.1) is 41.3 Å². The van der Waals surface area contributed by atoms with Gasteiger partial charge in [0.25, 0.3) is 0 Å². The molecule has 4 aromatic heterocycles. The first-order valence-corrected chi connectivity index (χ1v) is 14.2. The maximum atomic E-state index is 11.6. The van der Waals surface area contributed by atoms with E-state index in [4.69, 9.17) is 19.4 Å². The van der Waals surface area contributed by atoms with E-state index >= 15 is 0 Å². The fourth-order valence-electron chi connectivity index (χ4n) is 5.80. The van der Waals surface area contributed by atoms with Crippen molar-refractivity contribution in [3.63, 3.8) is 0 Å². The molecule has 1 N–H and O–H groups in total. The molecule has 1 aromatic carbocycles. The van der Waals surface area contributed by atoms with E-state index in [0.29, 0.717) is 31.5 Å². The lowest BCUT2D eigenvalue weighted by atomic mass is 9.93. The van der Waals surface area contributed by atoms with Crippen LogP contribution in [0.2, 0.25) is 0 Å². The summed E-state index contributed by atoms with van der Waals surface area (Å²) in [6.07, 6.45) is 6.90. The highest BCUT2D eigenvalue weighted by molar-refractivity contribution is 5.92. The lowest BCUT2D eigenvalue weighted by Gasteiger charge is -2.32. The van der Waals surface area contributed by atoms with E-state index in [1.54, 1.807) is 18.3 Å². The molecule has 1 atom stereocenters. The number of ether oxygens (including phenoxy) is 2. The van der Waals surface area contributed by atoms with Crippen LogP contribution in [0.5, 0.6) is 5.88 Å². The van der Waals surface area contributed by atoms with E-state index in [0.717, 1.165) is 72.6 Å². The molecule has 10 heteroatoms. The molecule has 210 valence electrons. The Morgan fingerprint density at radius 2 is 1.93 bits per heavy atom. The minimum atomic E-state index is -0.928. The summed E-state index contributed by atoms with van der Waals surface area (Å²) in [5, 5.41) is 13.8. The molecule has 41 heavy (non-hydrogen) atoms. The predicted octanol–water partition coefficient (Wildman–Crippen LogP) is 4.52. The maximum absolute atomic E-state index is 11.6. The number of rotatable bonds is 9. The Labute approximate surface area is 237 Å². The minimum Gasteiger partial charge on any atom is -0.478 e. The first kappa shape index (κ1) is 25.7. The van der Waals surface area contributed by atoms with Crippen molar-refractivity contribution >= 4 is 22.5 Å². The second-order valence-electron chi connectivity index (χ2n) is 10.9. The van der Waals surface area contributed by atoms with Crippen LogP contribution < -0.4 is 4.74 Å². The summed E-state index contributed by atoms with van der Waals surface area (Å²) in [6, 6.07) is 17.3. The quantitative estimate of drug-likeness (QED) is 0.284. The molecule has 2 fully saturated rings. The molecule has 0 amide bonds. The number of aromatic nitrogens is 5. The van der Waals surface area contributed by atoms with Crippen molar-refractivity contribution in [2.75, 3.05) is 19.7 Å². The number of carboxylic acids is 1. The van der Waals surface area contributed by atoms with Crippen molar-refractivity contribution in [2.24, 2.45) is 0 Å². The zero-order valence-corrected chi connectivity index (χ0v) is 22.7. The SMILES string of the molecule is O=C(O)c1ccc2nc(CN3CCC(c4cccc(OCc5ccn6nccc6c5)n4)CC3)n(CC3CCO3)c2c1. The normalized spacial score (nSPS) is 18.1. The molecule has 1 unspecified atom stereocenters. The molecule has 0 bridgehead atoms. The van der Waals surface area contributed by atoms with E-state index in [9.17, 15) is 9.90 Å². The molecule has 2 aliphatic rings. The molecule has 5 aromatic rings. The Balaban J connectivity index is 1.00. The Morgan fingerprint density at radius 1 is 1.05 bits per heavy atom. The van der Waals surface area contributed by atoms with Crippen molar-refractivity contribution in [3.8, 4) is 5.88 Å². The molecule has 0 saturated carbocycles. The summed E-state index contributed by atoms with van der Waals surface area (Å²) in [5.41, 5.74) is 5.15. The molecule has 2 aliphatic heterocycles. The number of hydrogen-bond acceptors (Lipinski definition) is 7. The largest absolute Gasteiger partial charge is 0.478 e. The third kappa shape index (κ3) is 5.40. The van der Waals surface area contributed by atoms with Gasteiger partial charge in [-0.25, -0.2) is 19.3 Å². The van der Waals surface area contributed by atoms with Crippen LogP contribution in [-0.2, 0) is 24.4 Å². The van der Waals surface area contributed by atoms with Crippen molar-refractivity contribution in [2.45, 2.75) is 51.0 Å². The molecular weight excluding hydrogens is 520 g/mol. The first-order valence-electron chi connectivity index (χ1n) is 14.2. The molecule has 2 saturated heterocycles. The fraction of sp³-hybridized carbons (Fsp3) is 0.355. The number of fused-ring (bicyclic) bond motifs is 2. The van der Waals surface area contributed by atoms with Gasteiger partial charge in [-0.1, -0.05) is 6.07 Å². The van der Waals surface area contributed by atoms with Crippen LogP contribution in [0.1, 0.15) is 52.6 Å². The number of pyridine rings is 2. The first-order chi connectivity index (χ1) is 20.1. The maximum Gasteiger partial charge on any atom is 0.335 e. The van der Waals surface area contributed by atoms with Gasteiger partial charge in [-0.15, -0.1) is 0 Å². The molecule has 0 spiro atoms. The summed E-state index contributed by atoms with van der Waals surface area (Å²) in [5.74, 6) is 1.05. The summed E-state index contributed by atoms with van der Waals surface area (Å²) in [7, 11) is 0. The van der Waals surface area contributed by atoms with Crippen LogP contribution in [0, 0.1) is 0 Å². The molecule has 6 heterocycles.